The Kier molecular flexibility index (Phi) is 7.42. The summed E-state index contributed by atoms with van der Waals surface area (Å²) in [6.07, 6.45) is 0. The summed E-state index contributed by atoms with van der Waals surface area (Å²) in [5.74, 6) is -0.0401. The van der Waals surface area contributed by atoms with E-state index in [-0.39, 0.29) is 11.8 Å². The van der Waals surface area contributed by atoms with Crippen LogP contribution in [0, 0.1) is 0 Å². The fraction of sp³-hybridized carbons (Fsp3) is 0.467. The third-order valence-corrected chi connectivity index (χ3v) is 2.94. The lowest BCUT2D eigenvalue weighted by molar-refractivity contribution is 0.101. The van der Waals surface area contributed by atoms with Crippen molar-refractivity contribution in [3.8, 4) is 0 Å². The maximum Gasteiger partial charge on any atom is 0.321 e. The molecule has 0 spiro atoms. The molecule has 0 atom stereocenters. The number of carbonyl (C=O) groups is 2. The van der Waals surface area contributed by atoms with Gasteiger partial charge in [-0.1, -0.05) is 12.1 Å². The molecule has 0 saturated carbocycles. The van der Waals surface area contributed by atoms with E-state index in [1.165, 1.54) is 6.92 Å². The number of hydrogen-bond acceptors (Lipinski definition) is 4. The summed E-state index contributed by atoms with van der Waals surface area (Å²) in [7, 11) is 3.17. The molecule has 0 radical (unpaired) electrons. The zero-order valence-corrected chi connectivity index (χ0v) is 12.7. The van der Waals surface area contributed by atoms with Crippen molar-refractivity contribution in [2.24, 2.45) is 0 Å². The van der Waals surface area contributed by atoms with Gasteiger partial charge in [0.2, 0.25) is 0 Å². The smallest absolute Gasteiger partial charge is 0.321 e. The third-order valence-electron chi connectivity index (χ3n) is 2.94. The minimum Gasteiger partial charge on any atom is -0.383 e. The molecule has 0 aliphatic rings. The van der Waals surface area contributed by atoms with Gasteiger partial charge in [-0.05, 0) is 19.1 Å². The Morgan fingerprint density at radius 1 is 1.14 bits per heavy atom. The number of amides is 2. The Bertz CT molecular complexity index is 468. The maximum atomic E-state index is 12.2. The minimum absolute atomic E-state index is 0.0401. The summed E-state index contributed by atoms with van der Waals surface area (Å²) in [6, 6.07) is 6.61. The lowest BCUT2D eigenvalue weighted by Gasteiger charge is -2.22. The molecule has 6 heteroatoms. The van der Waals surface area contributed by atoms with Crippen LogP contribution in [0.4, 0.5) is 10.5 Å². The quantitative estimate of drug-likeness (QED) is 0.745. The van der Waals surface area contributed by atoms with Gasteiger partial charge in [0.25, 0.3) is 0 Å². The predicted molar refractivity (Wildman–Crippen MR) is 80.8 cm³/mol. The Morgan fingerprint density at radius 2 is 1.76 bits per heavy atom. The molecule has 1 rings (SSSR count). The number of nitrogens with zero attached hydrogens (tertiary/aromatic N) is 1. The molecule has 0 saturated heterocycles. The molecule has 1 aromatic rings. The number of urea groups is 1. The molecule has 0 unspecified atom stereocenters. The topological polar surface area (TPSA) is 67.9 Å². The molecule has 0 aliphatic carbocycles. The molecule has 0 heterocycles. The van der Waals surface area contributed by atoms with Crippen LogP contribution in [0.5, 0.6) is 0 Å². The Hall–Kier alpha value is -1.92. The zero-order valence-electron chi connectivity index (χ0n) is 12.7. The van der Waals surface area contributed by atoms with Crippen molar-refractivity contribution in [1.29, 1.82) is 0 Å². The van der Waals surface area contributed by atoms with E-state index in [2.05, 4.69) is 5.32 Å². The van der Waals surface area contributed by atoms with Crippen LogP contribution in [0.15, 0.2) is 24.3 Å². The Labute approximate surface area is 125 Å². The van der Waals surface area contributed by atoms with E-state index in [0.29, 0.717) is 37.6 Å². The highest BCUT2D eigenvalue weighted by Crippen LogP contribution is 2.12. The van der Waals surface area contributed by atoms with Crippen molar-refractivity contribution in [2.45, 2.75) is 6.92 Å². The van der Waals surface area contributed by atoms with Gasteiger partial charge in [0.15, 0.2) is 5.78 Å². The molecular formula is C15H22N2O4. The van der Waals surface area contributed by atoms with Gasteiger partial charge < -0.3 is 19.7 Å². The molecule has 1 N–H and O–H groups in total. The fourth-order valence-electron chi connectivity index (χ4n) is 1.74. The second-order valence-electron chi connectivity index (χ2n) is 4.54. The van der Waals surface area contributed by atoms with Gasteiger partial charge in [-0.2, -0.15) is 0 Å². The molecule has 0 aromatic heterocycles. The predicted octanol–water partition coefficient (Wildman–Crippen LogP) is 2.02. The van der Waals surface area contributed by atoms with E-state index in [1.54, 1.807) is 43.4 Å². The first-order valence-corrected chi connectivity index (χ1v) is 6.73. The van der Waals surface area contributed by atoms with E-state index in [0.717, 1.165) is 0 Å². The van der Waals surface area contributed by atoms with Crippen LogP contribution in [-0.4, -0.2) is 57.2 Å². The van der Waals surface area contributed by atoms with Crippen molar-refractivity contribution >= 4 is 17.5 Å². The second kappa shape index (κ2) is 9.10. The van der Waals surface area contributed by atoms with Crippen molar-refractivity contribution in [2.75, 3.05) is 45.8 Å². The largest absolute Gasteiger partial charge is 0.383 e. The zero-order chi connectivity index (χ0) is 15.7. The van der Waals surface area contributed by atoms with Gasteiger partial charge in [0.1, 0.15) is 0 Å². The number of rotatable bonds is 8. The Balaban J connectivity index is 2.70. The second-order valence-corrected chi connectivity index (χ2v) is 4.54. The summed E-state index contributed by atoms with van der Waals surface area (Å²) in [6.45, 7) is 3.33. The summed E-state index contributed by atoms with van der Waals surface area (Å²) in [5.41, 5.74) is 1.15. The summed E-state index contributed by atoms with van der Waals surface area (Å²) in [5, 5.41) is 2.78. The molecular weight excluding hydrogens is 272 g/mol. The van der Waals surface area contributed by atoms with Crippen molar-refractivity contribution < 1.29 is 19.1 Å². The first-order valence-electron chi connectivity index (χ1n) is 6.73. The average Bonchev–Trinajstić information content (AvgIpc) is 2.47. The van der Waals surface area contributed by atoms with Crippen molar-refractivity contribution in [3.05, 3.63) is 29.8 Å². The van der Waals surface area contributed by atoms with Gasteiger partial charge >= 0.3 is 6.03 Å². The summed E-state index contributed by atoms with van der Waals surface area (Å²) >= 11 is 0. The van der Waals surface area contributed by atoms with E-state index in [1.807, 2.05) is 0 Å². The normalized spacial score (nSPS) is 10.2. The highest BCUT2D eigenvalue weighted by atomic mass is 16.5. The average molecular weight is 294 g/mol. The van der Waals surface area contributed by atoms with Crippen molar-refractivity contribution in [1.82, 2.24) is 4.90 Å². The standard InChI is InChI=1S/C15H22N2O4/c1-12(18)13-5-4-6-14(11-13)16-15(19)17(7-9-20-2)8-10-21-3/h4-6,11H,7-10H2,1-3H3,(H,16,19). The van der Waals surface area contributed by atoms with Crippen LogP contribution in [0.2, 0.25) is 0 Å². The number of carbonyl (C=O) groups excluding carboxylic acids is 2. The van der Waals surface area contributed by atoms with Crippen LogP contribution >= 0.6 is 0 Å². The number of Topliss-reactive ketones (excluding diaryl/α,β-unsaturated/α-hetero) is 1. The van der Waals surface area contributed by atoms with E-state index in [9.17, 15) is 9.59 Å². The van der Waals surface area contributed by atoms with Gasteiger partial charge in [-0.3, -0.25) is 4.79 Å². The molecule has 21 heavy (non-hydrogen) atoms. The maximum absolute atomic E-state index is 12.2. The molecule has 0 bridgehead atoms. The van der Waals surface area contributed by atoms with Gasteiger partial charge in [-0.25, -0.2) is 4.79 Å². The minimum atomic E-state index is -0.246. The number of anilines is 1. The van der Waals surface area contributed by atoms with E-state index >= 15 is 0 Å². The highest BCUT2D eigenvalue weighted by Gasteiger charge is 2.13. The van der Waals surface area contributed by atoms with Crippen LogP contribution in [-0.2, 0) is 9.47 Å². The van der Waals surface area contributed by atoms with E-state index < -0.39 is 0 Å². The number of hydrogen-bond donors (Lipinski definition) is 1. The molecule has 1 aromatic carbocycles. The number of ketones is 1. The summed E-state index contributed by atoms with van der Waals surface area (Å²) in [4.78, 5) is 25.2. The van der Waals surface area contributed by atoms with Gasteiger partial charge in [-0.15, -0.1) is 0 Å². The van der Waals surface area contributed by atoms with E-state index in [4.69, 9.17) is 9.47 Å². The van der Waals surface area contributed by atoms with Crippen LogP contribution in [0.25, 0.3) is 0 Å². The molecule has 0 aliphatic heterocycles. The lowest BCUT2D eigenvalue weighted by atomic mass is 10.1. The Morgan fingerprint density at radius 3 is 2.29 bits per heavy atom. The number of nitrogens with one attached hydrogen (secondary N) is 1. The first-order chi connectivity index (χ1) is 10.1. The molecule has 116 valence electrons. The SMILES string of the molecule is COCCN(CCOC)C(=O)Nc1cccc(C(C)=O)c1. The molecule has 0 fully saturated rings. The number of ether oxygens (including phenoxy) is 2. The third kappa shape index (κ3) is 5.93. The first kappa shape index (κ1) is 17.1. The summed E-state index contributed by atoms with van der Waals surface area (Å²) < 4.78 is 9.99. The van der Waals surface area contributed by atoms with Gasteiger partial charge in [0, 0.05) is 38.6 Å². The van der Waals surface area contributed by atoms with Crippen LogP contribution in [0.3, 0.4) is 0 Å². The number of benzene rings is 1. The monoisotopic (exact) mass is 294 g/mol. The van der Waals surface area contributed by atoms with Crippen LogP contribution < -0.4 is 5.32 Å². The molecule has 2 amide bonds. The van der Waals surface area contributed by atoms with Crippen LogP contribution in [0.1, 0.15) is 17.3 Å². The lowest BCUT2D eigenvalue weighted by Crippen LogP contribution is -2.39. The van der Waals surface area contributed by atoms with Gasteiger partial charge in [0.05, 0.1) is 13.2 Å². The highest BCUT2D eigenvalue weighted by molar-refractivity contribution is 5.96. The fourth-order valence-corrected chi connectivity index (χ4v) is 1.74. The molecule has 6 nitrogen and oxygen atoms in total. The number of methoxy groups -OCH3 is 2. The van der Waals surface area contributed by atoms with Crippen molar-refractivity contribution in [3.63, 3.8) is 0 Å².